The topological polar surface area (TPSA) is 70.9 Å². The van der Waals surface area contributed by atoms with E-state index in [2.05, 4.69) is 260 Å². The van der Waals surface area contributed by atoms with E-state index in [1.165, 1.54) is 44.5 Å². The zero-order valence-electron chi connectivity index (χ0n) is 48.7. The monoisotopic (exact) mass is 1270 g/mol. The van der Waals surface area contributed by atoms with Crippen molar-refractivity contribution in [3.05, 3.63) is 234 Å². The van der Waals surface area contributed by atoms with Crippen LogP contribution in [0.5, 0.6) is 11.5 Å². The van der Waals surface area contributed by atoms with Gasteiger partial charge in [0.05, 0.1) is 44.8 Å². The molecule has 14 rings (SSSR count). The van der Waals surface area contributed by atoms with Crippen molar-refractivity contribution >= 4 is 65.7 Å². The van der Waals surface area contributed by atoms with E-state index in [1.54, 1.807) is 0 Å². The van der Waals surface area contributed by atoms with Gasteiger partial charge in [-0.2, -0.15) is 0 Å². The normalized spacial score (nSPS) is 12.0. The first-order valence-electron chi connectivity index (χ1n) is 29.1. The largest absolute Gasteiger partial charge is 2.00 e. The Labute approximate surface area is 504 Å². The van der Waals surface area contributed by atoms with Crippen molar-refractivity contribution in [2.45, 2.75) is 86.0 Å². The molecule has 0 saturated carbocycles. The van der Waals surface area contributed by atoms with Crippen LogP contribution in [0, 0.1) is 19.1 Å². The summed E-state index contributed by atoms with van der Waals surface area (Å²) in [5.41, 5.74) is 20.5. The third-order valence-electron chi connectivity index (χ3n) is 16.5. The Bertz CT molecular complexity index is 4800. The average Bonchev–Trinajstić information content (AvgIpc) is 1.92. The number of hydrogen-bond donors (Lipinski definition) is 0. The van der Waals surface area contributed by atoms with Gasteiger partial charge in [0.15, 0.2) is 0 Å². The number of furan rings is 1. The van der Waals surface area contributed by atoms with Crippen molar-refractivity contribution in [3.8, 4) is 67.9 Å². The smallest absolute Gasteiger partial charge is 0.501 e. The number of hydrogen-bond acceptors (Lipinski definition) is 5. The predicted molar refractivity (Wildman–Crippen MR) is 343 cm³/mol. The fourth-order valence-corrected chi connectivity index (χ4v) is 12.6. The number of imidazole rings is 2. The summed E-state index contributed by atoms with van der Waals surface area (Å²) in [6.07, 6.45) is 0. The van der Waals surface area contributed by atoms with Gasteiger partial charge in [-0.1, -0.05) is 188 Å². The van der Waals surface area contributed by atoms with Crippen molar-refractivity contribution < 1.29 is 30.2 Å². The predicted octanol–water partition coefficient (Wildman–Crippen LogP) is 20.8. The number of rotatable bonds is 12. The maximum absolute atomic E-state index is 7.22. The summed E-state index contributed by atoms with van der Waals surface area (Å²) in [7, 11) is 0. The van der Waals surface area contributed by atoms with Crippen LogP contribution in [0.15, 0.2) is 199 Å². The molecule has 0 fully saturated rings. The maximum atomic E-state index is 7.22. The van der Waals surface area contributed by atoms with Crippen molar-refractivity contribution in [2.24, 2.45) is 0 Å². The molecule has 0 amide bonds. The Hall–Kier alpha value is -8.90. The molecular formula is C76H63N5O2Pt. The van der Waals surface area contributed by atoms with Gasteiger partial charge in [-0.15, -0.1) is 23.8 Å². The number of aromatic nitrogens is 5. The first-order valence-corrected chi connectivity index (χ1v) is 29.1. The van der Waals surface area contributed by atoms with E-state index in [9.17, 15) is 0 Å². The third kappa shape index (κ3) is 9.21. The van der Waals surface area contributed by atoms with Crippen molar-refractivity contribution in [1.29, 1.82) is 0 Å². The summed E-state index contributed by atoms with van der Waals surface area (Å²) in [5, 5.41) is 5.05. The molecule has 0 saturated heterocycles. The number of nitrogens with zero attached hydrogens (tertiary/aromatic N) is 5. The average molecular weight is 1270 g/mol. The van der Waals surface area contributed by atoms with Gasteiger partial charge >= 0.3 is 21.1 Å². The number of pyridine rings is 1. The second-order valence-electron chi connectivity index (χ2n) is 23.3. The van der Waals surface area contributed by atoms with Crippen LogP contribution < -0.4 is 4.74 Å². The van der Waals surface area contributed by atoms with Crippen molar-refractivity contribution in [3.63, 3.8) is 0 Å². The van der Waals surface area contributed by atoms with Crippen molar-refractivity contribution in [2.75, 3.05) is 0 Å². The molecule has 10 aromatic carbocycles. The summed E-state index contributed by atoms with van der Waals surface area (Å²) in [4.78, 5) is 16.2. The summed E-state index contributed by atoms with van der Waals surface area (Å²) in [6.45, 7) is 20.4. The van der Waals surface area contributed by atoms with Crippen LogP contribution in [0.1, 0.15) is 107 Å². The Kier molecular flexibility index (Phi) is 14.0. The van der Waals surface area contributed by atoms with Crippen LogP contribution >= 0.6 is 0 Å². The van der Waals surface area contributed by atoms with Crippen LogP contribution in [0.3, 0.4) is 0 Å². The molecule has 0 spiro atoms. The van der Waals surface area contributed by atoms with Gasteiger partial charge < -0.3 is 18.3 Å². The fraction of sp³-hybridized carbons (Fsp3) is 0.171. The van der Waals surface area contributed by atoms with E-state index in [1.807, 2.05) is 18.2 Å². The molecule has 14 aromatic rings. The first-order chi connectivity index (χ1) is 40.4. The van der Waals surface area contributed by atoms with E-state index >= 15 is 0 Å². The van der Waals surface area contributed by atoms with Crippen LogP contribution in [0.2, 0.25) is 0 Å². The van der Waals surface area contributed by atoms with Crippen LogP contribution in [0.25, 0.3) is 122 Å². The van der Waals surface area contributed by atoms with Gasteiger partial charge in [0.2, 0.25) is 0 Å². The molecule has 4 heterocycles. The van der Waals surface area contributed by atoms with Crippen molar-refractivity contribution in [1.82, 2.24) is 24.1 Å². The summed E-state index contributed by atoms with van der Waals surface area (Å²) in [6, 6.07) is 76.1. The fourth-order valence-electron chi connectivity index (χ4n) is 12.6. The van der Waals surface area contributed by atoms with E-state index in [0.717, 1.165) is 88.6 Å². The Morgan fingerprint density at radius 2 is 0.917 bits per heavy atom. The summed E-state index contributed by atoms with van der Waals surface area (Å²) < 4.78 is 19.1. The van der Waals surface area contributed by atoms with Gasteiger partial charge in [-0.25, -0.2) is 0 Å². The van der Waals surface area contributed by atoms with E-state index in [4.69, 9.17) is 24.1 Å². The number of ether oxygens (including phenoxy) is 1. The minimum absolute atomic E-state index is 0. The number of para-hydroxylation sites is 5. The summed E-state index contributed by atoms with van der Waals surface area (Å²) in [5.74, 6) is 3.25. The van der Waals surface area contributed by atoms with Crippen LogP contribution in [0.4, 0.5) is 0 Å². The van der Waals surface area contributed by atoms with Gasteiger partial charge in [0.25, 0.3) is 0 Å². The maximum Gasteiger partial charge on any atom is 2.00 e. The minimum atomic E-state index is 0. The zero-order valence-corrected chi connectivity index (χ0v) is 50.9. The zero-order chi connectivity index (χ0) is 56.8. The van der Waals surface area contributed by atoms with E-state index < -0.39 is 0 Å². The molecule has 0 bridgehead atoms. The first kappa shape index (κ1) is 54.4. The molecule has 0 atom stereocenters. The van der Waals surface area contributed by atoms with Gasteiger partial charge in [0, 0.05) is 44.7 Å². The van der Waals surface area contributed by atoms with Gasteiger partial charge in [0.1, 0.15) is 5.58 Å². The molecule has 0 aliphatic carbocycles. The number of fused-ring (bicyclic) bond motifs is 9. The Morgan fingerprint density at radius 3 is 1.48 bits per heavy atom. The molecule has 0 radical (unpaired) electrons. The van der Waals surface area contributed by atoms with E-state index in [-0.39, 0.29) is 44.7 Å². The van der Waals surface area contributed by atoms with Gasteiger partial charge in [-0.3, -0.25) is 15.0 Å². The summed E-state index contributed by atoms with van der Waals surface area (Å²) >= 11 is 0. The molecule has 0 aliphatic heterocycles. The Morgan fingerprint density at radius 1 is 0.417 bits per heavy atom. The molecular weight excluding hydrogens is 1210 g/mol. The quantitative estimate of drug-likeness (QED) is 0.0900. The number of benzene rings is 10. The molecule has 8 heteroatoms. The molecule has 0 unspecified atom stereocenters. The molecule has 7 nitrogen and oxygen atoms in total. The molecule has 84 heavy (non-hydrogen) atoms. The van der Waals surface area contributed by atoms with Crippen LogP contribution in [-0.4, -0.2) is 24.1 Å². The second kappa shape index (κ2) is 21.7. The van der Waals surface area contributed by atoms with Gasteiger partial charge in [-0.05, 0) is 147 Å². The number of aryl methyl sites for hydroxylation is 1. The third-order valence-corrected chi connectivity index (χ3v) is 16.5. The standard InChI is InChI=1S/C76H63N5O2.Pt/c1-44(2)58-38-52(49-23-12-10-13-24-49)39-59(45(3)4)72(58)80-67-33-20-18-31-65(67)78-75(80)51-27-22-28-54(37-51)82-55-42-62-71-69(36-35-57-56-29-16-17-30-64(56)77-48(9)70(57)71)83-74(62)63(43-55)76-79-66-32-19-21-34-68(66)81(76)73-60(46(5)6)40-53(41-61(73)47(7)8)50-25-14-11-15-26-50;/h10-36,38-42,44-47H,1-9H3;/q-2;+2. The Balaban J connectivity index is 0.00000658. The minimum Gasteiger partial charge on any atom is -0.501 e. The molecule has 0 aliphatic rings. The van der Waals surface area contributed by atoms with Crippen LogP contribution in [-0.2, 0) is 21.1 Å². The second-order valence-corrected chi connectivity index (χ2v) is 23.3. The van der Waals surface area contributed by atoms with E-state index in [0.29, 0.717) is 28.5 Å². The SMILES string of the molecule is Cc1nc2ccccc2c2ccc3oc4c(-c5nc6ccccc6n5-c5c(C(C)C)cc(-c6ccccc6)cc5C(C)C)[c-]c(Oc5[c-]c(-c6nc7ccccc7n6-c6c(C(C)C)cc(-c7ccccc7)cc6C(C)C)ccc5)cc4c3c12.[Pt+2]. The molecule has 4 aromatic heterocycles. The molecule has 0 N–H and O–H groups in total. The molecule has 414 valence electrons.